The number of hydrogen-bond acceptors (Lipinski definition) is 2. The minimum atomic E-state index is -0.0455. The topological polar surface area (TPSA) is 49.3 Å². The number of aliphatic hydroxyl groups is 1. The Kier molecular flexibility index (Phi) is 6.70. The van der Waals surface area contributed by atoms with E-state index >= 15 is 0 Å². The van der Waals surface area contributed by atoms with Gasteiger partial charge in [0.05, 0.1) is 6.61 Å². The highest BCUT2D eigenvalue weighted by Gasteiger charge is 2.08. The van der Waals surface area contributed by atoms with E-state index in [0.29, 0.717) is 12.0 Å². The van der Waals surface area contributed by atoms with E-state index in [2.05, 4.69) is 24.1 Å². The number of benzene rings is 1. The largest absolute Gasteiger partial charge is 0.395 e. The highest BCUT2D eigenvalue weighted by Crippen LogP contribution is 2.05. The molecule has 1 amide bonds. The first kappa shape index (κ1) is 15.3. The van der Waals surface area contributed by atoms with Crippen LogP contribution in [0.5, 0.6) is 0 Å². The molecule has 0 radical (unpaired) electrons. The van der Waals surface area contributed by atoms with Crippen LogP contribution in [0.2, 0.25) is 0 Å². The molecule has 0 bridgehead atoms. The summed E-state index contributed by atoms with van der Waals surface area (Å²) in [6, 6.07) is 7.39. The fourth-order valence-electron chi connectivity index (χ4n) is 1.74. The Morgan fingerprint density at radius 3 is 2.63 bits per heavy atom. The molecule has 0 heterocycles. The second-order valence-electron chi connectivity index (χ2n) is 4.52. The van der Waals surface area contributed by atoms with E-state index in [1.54, 1.807) is 12.1 Å². The first-order chi connectivity index (χ1) is 9.17. The molecule has 0 fully saturated rings. The van der Waals surface area contributed by atoms with Crippen LogP contribution in [0.15, 0.2) is 24.3 Å². The van der Waals surface area contributed by atoms with Gasteiger partial charge in [0.1, 0.15) is 0 Å². The van der Waals surface area contributed by atoms with E-state index in [4.69, 9.17) is 5.11 Å². The molecule has 1 rings (SSSR count). The molecule has 102 valence electrons. The van der Waals surface area contributed by atoms with Gasteiger partial charge in [0.15, 0.2) is 0 Å². The molecule has 19 heavy (non-hydrogen) atoms. The smallest absolute Gasteiger partial charge is 0.251 e. The van der Waals surface area contributed by atoms with Crippen LogP contribution in [-0.4, -0.2) is 23.7 Å². The van der Waals surface area contributed by atoms with Crippen LogP contribution < -0.4 is 5.32 Å². The van der Waals surface area contributed by atoms with Crippen molar-refractivity contribution in [3.8, 4) is 11.8 Å². The van der Waals surface area contributed by atoms with Crippen LogP contribution in [0.4, 0.5) is 0 Å². The predicted octanol–water partition coefficient (Wildman–Crippen LogP) is 2.34. The molecular weight excluding hydrogens is 238 g/mol. The molecule has 0 aliphatic rings. The van der Waals surface area contributed by atoms with Crippen LogP contribution in [0.1, 0.15) is 49.0 Å². The van der Waals surface area contributed by atoms with E-state index in [1.165, 1.54) is 0 Å². The van der Waals surface area contributed by atoms with Gasteiger partial charge in [-0.1, -0.05) is 25.2 Å². The van der Waals surface area contributed by atoms with Gasteiger partial charge in [-0.3, -0.25) is 4.79 Å². The van der Waals surface area contributed by atoms with Crippen molar-refractivity contribution in [2.24, 2.45) is 0 Å². The Labute approximate surface area is 115 Å². The zero-order chi connectivity index (χ0) is 14.1. The number of carbonyl (C=O) groups is 1. The van der Waals surface area contributed by atoms with E-state index in [9.17, 15) is 4.79 Å². The molecule has 3 nitrogen and oxygen atoms in total. The van der Waals surface area contributed by atoms with Gasteiger partial charge in [0, 0.05) is 23.6 Å². The second-order valence-corrected chi connectivity index (χ2v) is 4.52. The lowest BCUT2D eigenvalue weighted by Gasteiger charge is -2.12. The maximum Gasteiger partial charge on any atom is 0.251 e. The summed E-state index contributed by atoms with van der Waals surface area (Å²) in [7, 11) is 0. The monoisotopic (exact) mass is 259 g/mol. The van der Waals surface area contributed by atoms with Crippen LogP contribution >= 0.6 is 0 Å². The zero-order valence-corrected chi connectivity index (χ0v) is 11.6. The molecule has 0 saturated carbocycles. The summed E-state index contributed by atoms with van der Waals surface area (Å²) in [5.41, 5.74) is 1.50. The molecule has 0 saturated heterocycles. The predicted molar refractivity (Wildman–Crippen MR) is 76.9 cm³/mol. The minimum Gasteiger partial charge on any atom is -0.395 e. The molecule has 1 unspecified atom stereocenters. The number of hydrogen-bond donors (Lipinski definition) is 2. The van der Waals surface area contributed by atoms with E-state index in [1.807, 2.05) is 19.1 Å². The average Bonchev–Trinajstić information content (AvgIpc) is 2.40. The lowest BCUT2D eigenvalue weighted by molar-refractivity contribution is 0.0938. The summed E-state index contributed by atoms with van der Waals surface area (Å²) >= 11 is 0. The summed E-state index contributed by atoms with van der Waals surface area (Å²) in [4.78, 5) is 11.9. The third-order valence-electron chi connectivity index (χ3n) is 2.72. The van der Waals surface area contributed by atoms with Crippen molar-refractivity contribution in [2.75, 3.05) is 6.61 Å². The van der Waals surface area contributed by atoms with E-state index in [0.717, 1.165) is 18.4 Å². The van der Waals surface area contributed by atoms with Crippen molar-refractivity contribution < 1.29 is 9.90 Å². The quantitative estimate of drug-likeness (QED) is 0.797. The van der Waals surface area contributed by atoms with Gasteiger partial charge in [0.25, 0.3) is 5.91 Å². The number of rotatable bonds is 5. The third kappa shape index (κ3) is 5.58. The lowest BCUT2D eigenvalue weighted by atomic mass is 10.1. The van der Waals surface area contributed by atoms with Crippen molar-refractivity contribution in [2.45, 2.75) is 39.2 Å². The number of nitrogens with one attached hydrogen (secondary N) is 1. The lowest BCUT2D eigenvalue weighted by Crippen LogP contribution is -2.32. The standard InChI is InChI=1S/C16H21NO2/c1-3-6-13(2)17-16(19)15-10-8-14(9-11-15)7-4-5-12-18/h8-11,13,18H,3,5-6,12H2,1-2H3,(H,17,19). The SMILES string of the molecule is CCCC(C)NC(=O)c1ccc(C#CCCO)cc1. The fraction of sp³-hybridized carbons (Fsp3) is 0.438. The Bertz CT molecular complexity index is 454. The van der Waals surface area contributed by atoms with Crippen LogP contribution in [0.25, 0.3) is 0 Å². The van der Waals surface area contributed by atoms with Gasteiger partial charge in [-0.25, -0.2) is 0 Å². The highest BCUT2D eigenvalue weighted by molar-refractivity contribution is 5.94. The average molecular weight is 259 g/mol. The zero-order valence-electron chi connectivity index (χ0n) is 11.6. The van der Waals surface area contributed by atoms with Gasteiger partial charge < -0.3 is 10.4 Å². The number of aliphatic hydroxyl groups excluding tert-OH is 1. The summed E-state index contributed by atoms with van der Waals surface area (Å²) in [5, 5.41) is 11.6. The molecular formula is C16H21NO2. The van der Waals surface area contributed by atoms with Gasteiger partial charge in [-0.2, -0.15) is 0 Å². The van der Waals surface area contributed by atoms with Crippen molar-refractivity contribution in [3.05, 3.63) is 35.4 Å². The van der Waals surface area contributed by atoms with Crippen molar-refractivity contribution in [1.82, 2.24) is 5.32 Å². The normalized spacial score (nSPS) is 11.3. The molecule has 1 aromatic carbocycles. The first-order valence-electron chi connectivity index (χ1n) is 6.68. The van der Waals surface area contributed by atoms with Gasteiger partial charge in [-0.15, -0.1) is 0 Å². The molecule has 0 spiro atoms. The highest BCUT2D eigenvalue weighted by atomic mass is 16.2. The third-order valence-corrected chi connectivity index (χ3v) is 2.72. The minimum absolute atomic E-state index is 0.0455. The van der Waals surface area contributed by atoms with Crippen molar-refractivity contribution in [3.63, 3.8) is 0 Å². The van der Waals surface area contributed by atoms with Gasteiger partial charge in [0.2, 0.25) is 0 Å². The van der Waals surface area contributed by atoms with E-state index < -0.39 is 0 Å². The van der Waals surface area contributed by atoms with Gasteiger partial charge in [-0.05, 0) is 37.6 Å². The summed E-state index contributed by atoms with van der Waals surface area (Å²) < 4.78 is 0. The summed E-state index contributed by atoms with van der Waals surface area (Å²) in [5.74, 6) is 5.73. The molecule has 0 aromatic heterocycles. The van der Waals surface area contributed by atoms with Crippen LogP contribution in [0, 0.1) is 11.8 Å². The Balaban J connectivity index is 2.61. The first-order valence-corrected chi connectivity index (χ1v) is 6.68. The molecule has 1 atom stereocenters. The molecule has 0 aliphatic carbocycles. The second kappa shape index (κ2) is 8.34. The Morgan fingerprint density at radius 2 is 2.05 bits per heavy atom. The molecule has 0 aliphatic heterocycles. The summed E-state index contributed by atoms with van der Waals surface area (Å²) in [6.45, 7) is 4.18. The Hall–Kier alpha value is -1.79. The van der Waals surface area contributed by atoms with Crippen molar-refractivity contribution in [1.29, 1.82) is 0 Å². The fourth-order valence-corrected chi connectivity index (χ4v) is 1.74. The van der Waals surface area contributed by atoms with Crippen molar-refractivity contribution >= 4 is 5.91 Å². The summed E-state index contributed by atoms with van der Waals surface area (Å²) in [6.07, 6.45) is 2.51. The van der Waals surface area contributed by atoms with Gasteiger partial charge >= 0.3 is 0 Å². The maximum absolute atomic E-state index is 11.9. The Morgan fingerprint density at radius 1 is 1.37 bits per heavy atom. The van der Waals surface area contributed by atoms with Crippen LogP contribution in [-0.2, 0) is 0 Å². The molecule has 2 N–H and O–H groups in total. The maximum atomic E-state index is 11.9. The number of carbonyl (C=O) groups excluding carboxylic acids is 1. The van der Waals surface area contributed by atoms with E-state index in [-0.39, 0.29) is 18.6 Å². The molecule has 1 aromatic rings. The molecule has 3 heteroatoms. The van der Waals surface area contributed by atoms with Crippen LogP contribution in [0.3, 0.4) is 0 Å². The number of amides is 1.